The number of carbonyl (C=O) groups excluding carboxylic acids is 2. The van der Waals surface area contributed by atoms with E-state index in [1.165, 1.54) is 6.92 Å². The molecule has 0 saturated heterocycles. The molecule has 4 heteroatoms. The third kappa shape index (κ3) is 4.68. The van der Waals surface area contributed by atoms with Crippen LogP contribution in [0.15, 0.2) is 24.3 Å². The first-order valence-electron chi connectivity index (χ1n) is 5.55. The summed E-state index contributed by atoms with van der Waals surface area (Å²) in [6.07, 6.45) is 0.703. The summed E-state index contributed by atoms with van der Waals surface area (Å²) in [5.74, 6) is 0.595. The highest BCUT2D eigenvalue weighted by Crippen LogP contribution is 2.18. The van der Waals surface area contributed by atoms with Gasteiger partial charge in [0.2, 0.25) is 5.91 Å². The van der Waals surface area contributed by atoms with Crippen LogP contribution in [-0.2, 0) is 9.59 Å². The van der Waals surface area contributed by atoms with Crippen LogP contribution in [0.2, 0.25) is 0 Å². The fourth-order valence-corrected chi connectivity index (χ4v) is 1.40. The number of para-hydroxylation sites is 1. The SMILES string of the molecule is CC(=O)NCCC(C=O)Oc1ccccc1C. The Hall–Kier alpha value is -1.84. The van der Waals surface area contributed by atoms with E-state index >= 15 is 0 Å². The summed E-state index contributed by atoms with van der Waals surface area (Å²) in [7, 11) is 0. The Morgan fingerprint density at radius 1 is 1.47 bits per heavy atom. The predicted octanol–water partition coefficient (Wildman–Crippen LogP) is 1.47. The number of ether oxygens (including phenoxy) is 1. The highest BCUT2D eigenvalue weighted by Gasteiger charge is 2.10. The van der Waals surface area contributed by atoms with Crippen LogP contribution in [-0.4, -0.2) is 24.8 Å². The van der Waals surface area contributed by atoms with E-state index in [0.717, 1.165) is 11.8 Å². The first kappa shape index (κ1) is 13.2. The van der Waals surface area contributed by atoms with Crippen molar-refractivity contribution in [2.45, 2.75) is 26.4 Å². The van der Waals surface area contributed by atoms with Gasteiger partial charge in [0, 0.05) is 19.9 Å². The lowest BCUT2D eigenvalue weighted by Crippen LogP contribution is -2.28. The van der Waals surface area contributed by atoms with Crippen LogP contribution in [0.1, 0.15) is 18.9 Å². The second-order valence-corrected chi connectivity index (χ2v) is 3.83. The maximum Gasteiger partial charge on any atom is 0.216 e. The third-order valence-electron chi connectivity index (χ3n) is 2.33. The summed E-state index contributed by atoms with van der Waals surface area (Å²) >= 11 is 0. The number of hydrogen-bond acceptors (Lipinski definition) is 3. The molecule has 17 heavy (non-hydrogen) atoms. The largest absolute Gasteiger partial charge is 0.483 e. The molecule has 1 rings (SSSR count). The summed E-state index contributed by atoms with van der Waals surface area (Å²) in [5, 5.41) is 2.63. The van der Waals surface area contributed by atoms with Crippen molar-refractivity contribution in [2.75, 3.05) is 6.54 Å². The van der Waals surface area contributed by atoms with E-state index in [2.05, 4.69) is 5.32 Å². The summed E-state index contributed by atoms with van der Waals surface area (Å²) < 4.78 is 5.56. The molecule has 0 bridgehead atoms. The van der Waals surface area contributed by atoms with E-state index in [0.29, 0.717) is 18.7 Å². The van der Waals surface area contributed by atoms with E-state index in [1.54, 1.807) is 0 Å². The summed E-state index contributed by atoms with van der Waals surface area (Å²) in [6.45, 7) is 3.80. The van der Waals surface area contributed by atoms with Crippen molar-refractivity contribution in [2.24, 2.45) is 0 Å². The van der Waals surface area contributed by atoms with Gasteiger partial charge in [0.15, 0.2) is 12.4 Å². The number of aryl methyl sites for hydroxylation is 1. The summed E-state index contributed by atoms with van der Waals surface area (Å²) in [6, 6.07) is 7.52. The summed E-state index contributed by atoms with van der Waals surface area (Å²) in [4.78, 5) is 21.5. The van der Waals surface area contributed by atoms with Gasteiger partial charge in [0.25, 0.3) is 0 Å². The Morgan fingerprint density at radius 3 is 2.76 bits per heavy atom. The molecule has 1 N–H and O–H groups in total. The first-order valence-corrected chi connectivity index (χ1v) is 5.55. The summed E-state index contributed by atoms with van der Waals surface area (Å²) in [5.41, 5.74) is 0.985. The van der Waals surface area contributed by atoms with Crippen LogP contribution in [0.5, 0.6) is 5.75 Å². The van der Waals surface area contributed by atoms with E-state index in [4.69, 9.17) is 4.74 Å². The molecule has 0 heterocycles. The van der Waals surface area contributed by atoms with Gasteiger partial charge in [-0.2, -0.15) is 0 Å². The van der Waals surface area contributed by atoms with Crippen LogP contribution in [0.25, 0.3) is 0 Å². The lowest BCUT2D eigenvalue weighted by Gasteiger charge is -2.15. The number of aldehydes is 1. The van der Waals surface area contributed by atoms with Gasteiger partial charge in [0.05, 0.1) is 0 Å². The fourth-order valence-electron chi connectivity index (χ4n) is 1.40. The van der Waals surface area contributed by atoms with Crippen molar-refractivity contribution >= 4 is 12.2 Å². The molecular formula is C13H17NO3. The molecule has 92 valence electrons. The zero-order valence-electron chi connectivity index (χ0n) is 10.1. The Labute approximate surface area is 101 Å². The Balaban J connectivity index is 2.49. The maximum atomic E-state index is 10.9. The van der Waals surface area contributed by atoms with Gasteiger partial charge in [-0.05, 0) is 18.6 Å². The Kier molecular flexibility index (Phi) is 5.20. The van der Waals surface area contributed by atoms with E-state index in [9.17, 15) is 9.59 Å². The van der Waals surface area contributed by atoms with E-state index in [-0.39, 0.29) is 5.91 Å². The molecule has 1 aromatic carbocycles. The van der Waals surface area contributed by atoms with E-state index in [1.807, 2.05) is 31.2 Å². The molecule has 1 atom stereocenters. The molecule has 0 aromatic heterocycles. The topological polar surface area (TPSA) is 55.4 Å². The van der Waals surface area contributed by atoms with Crippen molar-refractivity contribution in [3.05, 3.63) is 29.8 Å². The number of nitrogens with one attached hydrogen (secondary N) is 1. The molecule has 0 aliphatic carbocycles. The quantitative estimate of drug-likeness (QED) is 0.760. The average Bonchev–Trinajstić information content (AvgIpc) is 2.30. The number of benzene rings is 1. The Bertz CT molecular complexity index is 390. The lowest BCUT2D eigenvalue weighted by molar-refractivity contribution is -0.119. The number of amides is 1. The monoisotopic (exact) mass is 235 g/mol. The van der Waals surface area contributed by atoms with Gasteiger partial charge < -0.3 is 10.1 Å². The maximum absolute atomic E-state index is 10.9. The van der Waals surface area contributed by atoms with Crippen LogP contribution < -0.4 is 10.1 Å². The fraction of sp³-hybridized carbons (Fsp3) is 0.385. The van der Waals surface area contributed by atoms with E-state index < -0.39 is 6.10 Å². The molecule has 0 fully saturated rings. The number of carbonyl (C=O) groups is 2. The minimum Gasteiger partial charge on any atom is -0.483 e. The Morgan fingerprint density at radius 2 is 2.18 bits per heavy atom. The van der Waals surface area contributed by atoms with Crippen LogP contribution >= 0.6 is 0 Å². The second kappa shape index (κ2) is 6.68. The number of hydrogen-bond donors (Lipinski definition) is 1. The molecule has 0 saturated carbocycles. The van der Waals surface area contributed by atoms with Gasteiger partial charge in [-0.3, -0.25) is 9.59 Å². The van der Waals surface area contributed by atoms with Crippen LogP contribution in [0.4, 0.5) is 0 Å². The van der Waals surface area contributed by atoms with Crippen molar-refractivity contribution < 1.29 is 14.3 Å². The van der Waals surface area contributed by atoms with Crippen molar-refractivity contribution in [3.63, 3.8) is 0 Å². The highest BCUT2D eigenvalue weighted by molar-refractivity contribution is 5.72. The zero-order valence-corrected chi connectivity index (χ0v) is 10.1. The van der Waals surface area contributed by atoms with Crippen LogP contribution in [0.3, 0.4) is 0 Å². The molecule has 4 nitrogen and oxygen atoms in total. The van der Waals surface area contributed by atoms with Crippen molar-refractivity contribution in [1.29, 1.82) is 0 Å². The highest BCUT2D eigenvalue weighted by atomic mass is 16.5. The number of rotatable bonds is 6. The normalized spacial score (nSPS) is 11.6. The molecule has 1 aromatic rings. The molecular weight excluding hydrogens is 218 g/mol. The van der Waals surface area contributed by atoms with Crippen molar-refractivity contribution in [3.8, 4) is 5.75 Å². The molecule has 0 radical (unpaired) electrons. The van der Waals surface area contributed by atoms with Crippen LogP contribution in [0, 0.1) is 6.92 Å². The van der Waals surface area contributed by atoms with Gasteiger partial charge >= 0.3 is 0 Å². The second-order valence-electron chi connectivity index (χ2n) is 3.83. The van der Waals surface area contributed by atoms with Gasteiger partial charge in [-0.1, -0.05) is 18.2 Å². The minimum atomic E-state index is -0.525. The molecule has 1 amide bonds. The van der Waals surface area contributed by atoms with Gasteiger partial charge in [-0.25, -0.2) is 0 Å². The van der Waals surface area contributed by atoms with Gasteiger partial charge in [-0.15, -0.1) is 0 Å². The van der Waals surface area contributed by atoms with Crippen molar-refractivity contribution in [1.82, 2.24) is 5.32 Å². The minimum absolute atomic E-state index is 0.106. The lowest BCUT2D eigenvalue weighted by atomic mass is 10.2. The zero-order chi connectivity index (χ0) is 12.7. The molecule has 0 aliphatic rings. The smallest absolute Gasteiger partial charge is 0.216 e. The third-order valence-corrected chi connectivity index (χ3v) is 2.33. The standard InChI is InChI=1S/C13H17NO3/c1-10-5-3-4-6-13(10)17-12(9-15)7-8-14-11(2)16/h3-6,9,12H,7-8H2,1-2H3,(H,14,16). The average molecular weight is 235 g/mol. The predicted molar refractivity (Wildman–Crippen MR) is 65.0 cm³/mol. The first-order chi connectivity index (χ1) is 8.13. The molecule has 1 unspecified atom stereocenters. The molecule has 0 spiro atoms. The van der Waals surface area contributed by atoms with Gasteiger partial charge in [0.1, 0.15) is 5.75 Å². The molecule has 0 aliphatic heterocycles.